The average molecular weight is 548 g/mol. The number of hydrogen-bond acceptors (Lipinski definition) is 10. The van der Waals surface area contributed by atoms with Gasteiger partial charge in [0.05, 0.1) is 0 Å². The summed E-state index contributed by atoms with van der Waals surface area (Å²) in [6.07, 6.45) is 3.59. The highest BCUT2D eigenvalue weighted by Crippen LogP contribution is 2.40. The molecule has 0 bridgehead atoms. The third-order valence-corrected chi connectivity index (χ3v) is 7.56. The molecule has 5 N–H and O–H groups in total. The second kappa shape index (κ2) is 10.2. The second-order valence-electron chi connectivity index (χ2n) is 8.58. The molecule has 37 heavy (non-hydrogen) atoms. The number of fused-ring (bicyclic) bond motifs is 1. The van der Waals surface area contributed by atoms with Crippen molar-refractivity contribution in [1.82, 2.24) is 15.2 Å². The molecule has 2 aliphatic rings. The maximum absolute atomic E-state index is 13.1. The van der Waals surface area contributed by atoms with Crippen molar-refractivity contribution in [2.45, 2.75) is 37.4 Å². The summed E-state index contributed by atoms with van der Waals surface area (Å²) in [5.74, 6) is -3.66. The number of thiazole rings is 1. The van der Waals surface area contributed by atoms with Crippen LogP contribution in [0.15, 0.2) is 52.4 Å². The zero-order chi connectivity index (χ0) is 26.9. The van der Waals surface area contributed by atoms with Crippen molar-refractivity contribution in [3.05, 3.63) is 52.9 Å². The summed E-state index contributed by atoms with van der Waals surface area (Å²) < 4.78 is 1.81. The molecule has 2 atom stereocenters. The van der Waals surface area contributed by atoms with E-state index < -0.39 is 40.8 Å². The molecule has 1 fully saturated rings. The first-order valence-corrected chi connectivity index (χ1v) is 12.8. The van der Waals surface area contributed by atoms with Crippen LogP contribution in [0.5, 0.6) is 0 Å². The van der Waals surface area contributed by atoms with E-state index in [1.807, 2.05) is 22.8 Å². The maximum Gasteiger partial charge on any atom is 0.352 e. The number of amides is 2. The molecule has 2 aliphatic heterocycles. The summed E-state index contributed by atoms with van der Waals surface area (Å²) in [5, 5.41) is 26.3. The number of pyridine rings is 1. The number of rotatable bonds is 9. The van der Waals surface area contributed by atoms with Gasteiger partial charge < -0.3 is 26.1 Å². The van der Waals surface area contributed by atoms with Gasteiger partial charge in [0, 0.05) is 28.8 Å². The lowest BCUT2D eigenvalue weighted by Crippen LogP contribution is -2.71. The number of aliphatic carboxylic acids is 2. The number of thioether (sulfide) groups is 1. The lowest BCUT2D eigenvalue weighted by atomic mass is 10.0. The third-order valence-electron chi connectivity index (χ3n) is 5.55. The van der Waals surface area contributed by atoms with Gasteiger partial charge in [-0.2, -0.15) is 0 Å². The Morgan fingerprint density at radius 3 is 2.59 bits per heavy atom. The van der Waals surface area contributed by atoms with E-state index in [0.29, 0.717) is 17.9 Å². The van der Waals surface area contributed by atoms with Crippen LogP contribution in [0.3, 0.4) is 0 Å². The van der Waals surface area contributed by atoms with E-state index in [-0.39, 0.29) is 22.2 Å². The lowest BCUT2D eigenvalue weighted by molar-refractivity contribution is -0.689. The number of nitrogens with two attached hydrogens (primary N) is 1. The fourth-order valence-electron chi connectivity index (χ4n) is 3.57. The zero-order valence-corrected chi connectivity index (χ0v) is 21.3. The second-order valence-corrected chi connectivity index (χ2v) is 10.6. The van der Waals surface area contributed by atoms with Crippen LogP contribution in [0.1, 0.15) is 19.5 Å². The van der Waals surface area contributed by atoms with Crippen molar-refractivity contribution < 1.29 is 38.8 Å². The van der Waals surface area contributed by atoms with Gasteiger partial charge >= 0.3 is 11.9 Å². The average Bonchev–Trinajstić information content (AvgIpc) is 3.28. The Morgan fingerprint density at radius 1 is 1.30 bits per heavy atom. The van der Waals surface area contributed by atoms with Crippen molar-refractivity contribution in [2.24, 2.45) is 5.16 Å². The SMILES string of the molecule is CC(C)(O/N=C(/C(=O)N[C@H]1C(=O)N2C(C(=O)O)=C(C[n+]3ccccc3)CS[C@@H]12)c1csc(N)n1)C(=O)O. The van der Waals surface area contributed by atoms with Crippen LogP contribution in [-0.2, 0) is 30.6 Å². The van der Waals surface area contributed by atoms with Gasteiger partial charge in [-0.25, -0.2) is 19.1 Å². The first kappa shape index (κ1) is 26.1. The molecular weight excluding hydrogens is 524 g/mol. The minimum Gasteiger partial charge on any atom is -0.478 e. The van der Waals surface area contributed by atoms with Gasteiger partial charge in [0.1, 0.15) is 22.8 Å². The molecule has 2 amide bonds. The van der Waals surface area contributed by atoms with Crippen molar-refractivity contribution in [1.29, 1.82) is 0 Å². The van der Waals surface area contributed by atoms with Crippen molar-refractivity contribution in [2.75, 3.05) is 11.5 Å². The fourth-order valence-corrected chi connectivity index (χ4v) is 5.46. The van der Waals surface area contributed by atoms with Gasteiger partial charge in [-0.1, -0.05) is 11.2 Å². The van der Waals surface area contributed by atoms with Crippen LogP contribution in [0.2, 0.25) is 0 Å². The van der Waals surface area contributed by atoms with Crippen LogP contribution in [-0.4, -0.2) is 72.3 Å². The molecule has 0 radical (unpaired) electrons. The molecule has 2 aromatic heterocycles. The molecule has 0 aliphatic carbocycles. The summed E-state index contributed by atoms with van der Waals surface area (Å²) in [6.45, 7) is 2.80. The molecule has 1 saturated heterocycles. The van der Waals surface area contributed by atoms with E-state index in [2.05, 4.69) is 15.5 Å². The summed E-state index contributed by atoms with van der Waals surface area (Å²) in [5.41, 5.74) is 4.04. The van der Waals surface area contributed by atoms with Crippen molar-refractivity contribution in [3.8, 4) is 0 Å². The van der Waals surface area contributed by atoms with E-state index in [9.17, 15) is 29.4 Å². The summed E-state index contributed by atoms with van der Waals surface area (Å²) in [4.78, 5) is 59.9. The number of nitrogen functional groups attached to an aromatic ring is 1. The van der Waals surface area contributed by atoms with Crippen molar-refractivity contribution >= 4 is 57.7 Å². The summed E-state index contributed by atoms with van der Waals surface area (Å²) in [7, 11) is 0. The topological polar surface area (TPSA) is 188 Å². The van der Waals surface area contributed by atoms with Gasteiger partial charge in [0.2, 0.25) is 5.60 Å². The predicted octanol–water partition coefficient (Wildman–Crippen LogP) is 0.0355. The Hall–Kier alpha value is -3.98. The number of carbonyl (C=O) groups is 4. The first-order valence-electron chi connectivity index (χ1n) is 10.9. The number of β-lactam (4-membered cyclic amide) rings is 1. The number of carboxylic acids is 2. The maximum atomic E-state index is 13.1. The van der Waals surface area contributed by atoms with Crippen LogP contribution >= 0.6 is 23.1 Å². The smallest absolute Gasteiger partial charge is 0.352 e. The molecule has 4 heterocycles. The summed E-state index contributed by atoms with van der Waals surface area (Å²) in [6, 6.07) is 4.44. The minimum absolute atomic E-state index is 0.0365. The van der Waals surface area contributed by atoms with E-state index in [4.69, 9.17) is 10.6 Å². The molecule has 0 unspecified atom stereocenters. The Morgan fingerprint density at radius 2 is 2.00 bits per heavy atom. The number of nitrogens with one attached hydrogen (secondary N) is 1. The highest BCUT2D eigenvalue weighted by molar-refractivity contribution is 8.00. The number of aromatic nitrogens is 2. The number of carboxylic acid groups (broad SMARTS) is 2. The van der Waals surface area contributed by atoms with Gasteiger partial charge in [-0.3, -0.25) is 14.5 Å². The minimum atomic E-state index is -1.75. The Bertz CT molecular complexity index is 1320. The molecule has 0 spiro atoms. The van der Waals surface area contributed by atoms with Gasteiger partial charge in [0.15, 0.2) is 29.8 Å². The Labute approximate surface area is 218 Å². The van der Waals surface area contributed by atoms with Gasteiger partial charge in [-0.15, -0.1) is 23.1 Å². The standard InChI is InChI=1S/C22H22N6O7S2/c1-22(2,20(33)34)35-26-13(12-10-37-21(23)24-12)16(29)25-14-17(30)28-15(19(31)32)11(9-36-18(14)28)8-27-6-4-3-5-7-27/h3-7,10,14,18H,8-9H2,1-2H3,(H4-,23,24,25,29,31,32,33,34)/p+1/b26-13+/t14-,18-/m0/s1. The Kier molecular flexibility index (Phi) is 7.18. The quantitative estimate of drug-likeness (QED) is 0.144. The van der Waals surface area contributed by atoms with E-state index >= 15 is 0 Å². The monoisotopic (exact) mass is 547 g/mol. The number of nitrogens with zero attached hydrogens (tertiary/aromatic N) is 4. The molecule has 0 saturated carbocycles. The highest BCUT2D eigenvalue weighted by atomic mass is 32.2. The lowest BCUT2D eigenvalue weighted by Gasteiger charge is -2.49. The number of anilines is 1. The summed E-state index contributed by atoms with van der Waals surface area (Å²) >= 11 is 2.35. The molecule has 194 valence electrons. The van der Waals surface area contributed by atoms with Crippen molar-refractivity contribution in [3.63, 3.8) is 0 Å². The third kappa shape index (κ3) is 5.27. The zero-order valence-electron chi connectivity index (χ0n) is 19.7. The molecule has 4 rings (SSSR count). The van der Waals surface area contributed by atoms with Gasteiger partial charge in [0.25, 0.3) is 11.8 Å². The molecule has 2 aromatic rings. The van der Waals surface area contributed by atoms with Crippen LogP contribution in [0, 0.1) is 0 Å². The fraction of sp³-hybridized carbons (Fsp3) is 0.318. The number of oxime groups is 1. The van der Waals surface area contributed by atoms with E-state index in [1.54, 1.807) is 12.4 Å². The number of hydrogen-bond donors (Lipinski definition) is 4. The molecular formula is C22H23N6O7S2+. The predicted molar refractivity (Wildman–Crippen MR) is 132 cm³/mol. The molecule has 0 aromatic carbocycles. The normalized spacial score (nSPS) is 19.7. The van der Waals surface area contributed by atoms with Crippen LogP contribution in [0.4, 0.5) is 5.13 Å². The van der Waals surface area contributed by atoms with E-state index in [0.717, 1.165) is 11.3 Å². The number of carbonyl (C=O) groups excluding carboxylic acids is 2. The van der Waals surface area contributed by atoms with Gasteiger partial charge in [-0.05, 0) is 13.8 Å². The highest BCUT2D eigenvalue weighted by Gasteiger charge is 2.54. The molecule has 13 nitrogen and oxygen atoms in total. The Balaban J connectivity index is 1.55. The molecule has 15 heteroatoms. The van der Waals surface area contributed by atoms with Crippen LogP contribution in [0.25, 0.3) is 0 Å². The van der Waals surface area contributed by atoms with Crippen LogP contribution < -0.4 is 15.6 Å². The first-order chi connectivity index (χ1) is 17.5. The van der Waals surface area contributed by atoms with E-state index in [1.165, 1.54) is 35.9 Å². The largest absolute Gasteiger partial charge is 0.478 e.